The Kier molecular flexibility index (Phi) is 6.44. The van der Waals surface area contributed by atoms with Crippen LogP contribution in [0.2, 0.25) is 0 Å². The smallest absolute Gasteiger partial charge is 0.208 e. The van der Waals surface area contributed by atoms with Gasteiger partial charge in [-0.15, -0.1) is 10.2 Å². The molecule has 166 valence electrons. The van der Waals surface area contributed by atoms with Crippen molar-refractivity contribution >= 4 is 33.2 Å². The summed E-state index contributed by atoms with van der Waals surface area (Å²) in [7, 11) is 2.16. The van der Waals surface area contributed by atoms with Gasteiger partial charge in [-0.3, -0.25) is 9.69 Å². The molecule has 0 bridgehead atoms. The van der Waals surface area contributed by atoms with E-state index in [-0.39, 0.29) is 11.3 Å². The SMILES string of the molecule is CCCC(CC(=O)c1nnc(N2CCN(C)C(C)(C)C2)s1)Cc1c[nH]c2ccccc12. The van der Waals surface area contributed by atoms with E-state index in [1.165, 1.54) is 22.3 Å². The number of hydrogen-bond donors (Lipinski definition) is 1. The average molecular weight is 440 g/mol. The Bertz CT molecular complexity index is 1040. The van der Waals surface area contributed by atoms with Gasteiger partial charge in [0.2, 0.25) is 5.13 Å². The van der Waals surface area contributed by atoms with Crippen molar-refractivity contribution in [3.8, 4) is 0 Å². The number of rotatable bonds is 8. The van der Waals surface area contributed by atoms with E-state index in [4.69, 9.17) is 0 Å². The number of H-pyrrole nitrogens is 1. The fourth-order valence-corrected chi connectivity index (χ4v) is 5.32. The number of anilines is 1. The van der Waals surface area contributed by atoms with Crippen molar-refractivity contribution in [1.29, 1.82) is 0 Å². The molecule has 3 heterocycles. The molecular formula is C24H33N5OS. The van der Waals surface area contributed by atoms with Crippen LogP contribution in [0.5, 0.6) is 0 Å². The summed E-state index contributed by atoms with van der Waals surface area (Å²) < 4.78 is 0. The molecule has 4 rings (SSSR count). The number of para-hydroxylation sites is 1. The van der Waals surface area contributed by atoms with Crippen molar-refractivity contribution < 1.29 is 4.79 Å². The minimum absolute atomic E-state index is 0.0830. The highest BCUT2D eigenvalue weighted by atomic mass is 32.1. The van der Waals surface area contributed by atoms with Gasteiger partial charge >= 0.3 is 0 Å². The van der Waals surface area contributed by atoms with Crippen molar-refractivity contribution in [3.05, 3.63) is 41.0 Å². The normalized spacial score (nSPS) is 17.9. The molecule has 1 atom stereocenters. The van der Waals surface area contributed by atoms with E-state index >= 15 is 0 Å². The Labute approximate surface area is 188 Å². The molecule has 1 saturated heterocycles. The van der Waals surface area contributed by atoms with E-state index < -0.39 is 0 Å². The number of Topliss-reactive ketones (excluding diaryl/α,β-unsaturated/α-hetero) is 1. The van der Waals surface area contributed by atoms with E-state index in [2.05, 4.69) is 77.2 Å². The second-order valence-electron chi connectivity index (χ2n) is 9.39. The number of ketones is 1. The molecule has 0 aliphatic carbocycles. The number of aromatic nitrogens is 3. The van der Waals surface area contributed by atoms with E-state index in [1.54, 1.807) is 0 Å². The summed E-state index contributed by atoms with van der Waals surface area (Å²) in [6.07, 6.45) is 5.62. The number of carbonyl (C=O) groups is 1. The minimum Gasteiger partial charge on any atom is -0.361 e. The predicted octanol–water partition coefficient (Wildman–Crippen LogP) is 4.78. The van der Waals surface area contributed by atoms with Crippen LogP contribution in [-0.4, -0.2) is 58.1 Å². The molecule has 3 aromatic rings. The van der Waals surface area contributed by atoms with Gasteiger partial charge in [-0.05, 0) is 51.3 Å². The number of benzene rings is 1. The first-order chi connectivity index (χ1) is 14.9. The summed E-state index contributed by atoms with van der Waals surface area (Å²) in [6, 6.07) is 8.37. The van der Waals surface area contributed by atoms with Gasteiger partial charge in [-0.2, -0.15) is 0 Å². The van der Waals surface area contributed by atoms with Crippen LogP contribution in [0.1, 0.15) is 55.4 Å². The molecule has 0 saturated carbocycles. The van der Waals surface area contributed by atoms with Gasteiger partial charge in [0.05, 0.1) is 0 Å². The molecule has 1 aromatic carbocycles. The lowest BCUT2D eigenvalue weighted by molar-refractivity contribution is 0.0957. The number of aromatic amines is 1. The predicted molar refractivity (Wildman–Crippen MR) is 128 cm³/mol. The fraction of sp³-hybridized carbons (Fsp3) is 0.542. The number of fused-ring (bicyclic) bond motifs is 1. The van der Waals surface area contributed by atoms with Crippen molar-refractivity contribution in [1.82, 2.24) is 20.1 Å². The fourth-order valence-electron chi connectivity index (χ4n) is 4.50. The van der Waals surface area contributed by atoms with Crippen molar-refractivity contribution in [2.75, 3.05) is 31.6 Å². The summed E-state index contributed by atoms with van der Waals surface area (Å²) >= 11 is 1.45. The first-order valence-corrected chi connectivity index (χ1v) is 12.1. The Balaban J connectivity index is 1.44. The lowest BCUT2D eigenvalue weighted by Crippen LogP contribution is -2.57. The van der Waals surface area contributed by atoms with Crippen LogP contribution >= 0.6 is 11.3 Å². The zero-order valence-corrected chi connectivity index (χ0v) is 19.8. The zero-order valence-electron chi connectivity index (χ0n) is 19.0. The summed E-state index contributed by atoms with van der Waals surface area (Å²) in [5.41, 5.74) is 2.53. The van der Waals surface area contributed by atoms with E-state index in [0.29, 0.717) is 17.3 Å². The molecule has 1 aliphatic rings. The summed E-state index contributed by atoms with van der Waals surface area (Å²) in [5.74, 6) is 0.432. The van der Waals surface area contributed by atoms with E-state index in [9.17, 15) is 4.79 Å². The van der Waals surface area contributed by atoms with Gasteiger partial charge in [0, 0.05) is 48.7 Å². The number of hydrogen-bond acceptors (Lipinski definition) is 6. The molecule has 0 radical (unpaired) electrons. The molecule has 2 aromatic heterocycles. The van der Waals surface area contributed by atoms with Gasteiger partial charge in [0.25, 0.3) is 0 Å². The molecule has 1 fully saturated rings. The molecule has 0 amide bonds. The lowest BCUT2D eigenvalue weighted by Gasteiger charge is -2.45. The van der Waals surface area contributed by atoms with Gasteiger partial charge in [-0.1, -0.05) is 42.9 Å². The Morgan fingerprint density at radius 1 is 1.26 bits per heavy atom. The molecule has 1 N–H and O–H groups in total. The largest absolute Gasteiger partial charge is 0.361 e. The van der Waals surface area contributed by atoms with Gasteiger partial charge in [0.1, 0.15) is 0 Å². The van der Waals surface area contributed by atoms with E-state index in [1.807, 2.05) is 6.07 Å². The van der Waals surface area contributed by atoms with Gasteiger partial charge < -0.3 is 9.88 Å². The Hall–Kier alpha value is -2.25. The van der Waals surface area contributed by atoms with Crippen molar-refractivity contribution in [2.24, 2.45) is 5.92 Å². The third kappa shape index (κ3) is 4.83. The molecule has 1 unspecified atom stereocenters. The van der Waals surface area contributed by atoms with Crippen LogP contribution in [0, 0.1) is 5.92 Å². The zero-order chi connectivity index (χ0) is 22.0. The highest BCUT2D eigenvalue weighted by Crippen LogP contribution is 2.29. The maximum absolute atomic E-state index is 13.1. The maximum atomic E-state index is 13.1. The summed E-state index contributed by atoms with van der Waals surface area (Å²) in [4.78, 5) is 21.1. The second kappa shape index (κ2) is 9.09. The van der Waals surface area contributed by atoms with Crippen molar-refractivity contribution in [3.63, 3.8) is 0 Å². The standard InChI is InChI=1S/C24H33N5OS/c1-5-8-17(13-18-15-25-20-10-7-6-9-19(18)20)14-21(30)22-26-27-23(31-22)29-12-11-28(4)24(2,3)16-29/h6-7,9-10,15,17,25H,5,8,11-14,16H2,1-4H3. The quantitative estimate of drug-likeness (QED) is 0.512. The highest BCUT2D eigenvalue weighted by Gasteiger charge is 2.33. The number of piperazine rings is 1. The number of nitrogens with zero attached hydrogens (tertiary/aromatic N) is 4. The summed E-state index contributed by atoms with van der Waals surface area (Å²) in [6.45, 7) is 9.47. The molecular weight excluding hydrogens is 406 g/mol. The van der Waals surface area contributed by atoms with E-state index in [0.717, 1.165) is 49.5 Å². The Morgan fingerprint density at radius 2 is 2.06 bits per heavy atom. The van der Waals surface area contributed by atoms with Crippen LogP contribution in [0.3, 0.4) is 0 Å². The lowest BCUT2D eigenvalue weighted by atomic mass is 9.90. The minimum atomic E-state index is 0.0830. The van der Waals surface area contributed by atoms with Crippen LogP contribution in [0.25, 0.3) is 10.9 Å². The summed E-state index contributed by atoms with van der Waals surface area (Å²) in [5, 5.41) is 11.3. The van der Waals surface area contributed by atoms with Crippen LogP contribution in [0.4, 0.5) is 5.13 Å². The number of nitrogens with one attached hydrogen (secondary N) is 1. The van der Waals surface area contributed by atoms with Gasteiger partial charge in [0.15, 0.2) is 10.8 Å². The monoisotopic (exact) mass is 439 g/mol. The van der Waals surface area contributed by atoms with Crippen molar-refractivity contribution in [2.45, 2.75) is 52.0 Å². The molecule has 0 spiro atoms. The molecule has 6 nitrogen and oxygen atoms in total. The first kappa shape index (κ1) is 22.0. The second-order valence-corrected chi connectivity index (χ2v) is 10.3. The maximum Gasteiger partial charge on any atom is 0.208 e. The first-order valence-electron chi connectivity index (χ1n) is 11.2. The van der Waals surface area contributed by atoms with Crippen LogP contribution in [0.15, 0.2) is 30.5 Å². The van der Waals surface area contributed by atoms with Gasteiger partial charge in [-0.25, -0.2) is 0 Å². The number of carbonyl (C=O) groups excluding carboxylic acids is 1. The highest BCUT2D eigenvalue weighted by molar-refractivity contribution is 7.17. The number of likely N-dealkylation sites (N-methyl/N-ethyl adjacent to an activating group) is 1. The third-order valence-corrected chi connectivity index (χ3v) is 7.62. The van der Waals surface area contributed by atoms with Crippen LogP contribution < -0.4 is 4.90 Å². The van der Waals surface area contributed by atoms with Crippen LogP contribution in [-0.2, 0) is 6.42 Å². The third-order valence-electron chi connectivity index (χ3n) is 6.59. The average Bonchev–Trinajstić information content (AvgIpc) is 3.38. The topological polar surface area (TPSA) is 65.1 Å². The Morgan fingerprint density at radius 3 is 2.84 bits per heavy atom. The molecule has 7 heteroatoms. The molecule has 1 aliphatic heterocycles. The molecule has 31 heavy (non-hydrogen) atoms.